The van der Waals surface area contributed by atoms with E-state index in [-0.39, 0.29) is 5.91 Å². The van der Waals surface area contributed by atoms with Gasteiger partial charge in [-0.3, -0.25) is 9.78 Å². The van der Waals surface area contributed by atoms with Crippen LogP contribution < -0.4 is 10.2 Å². The van der Waals surface area contributed by atoms with Gasteiger partial charge in [0.1, 0.15) is 0 Å². The highest BCUT2D eigenvalue weighted by Crippen LogP contribution is 2.26. The van der Waals surface area contributed by atoms with Crippen LogP contribution in [0.2, 0.25) is 5.02 Å². The largest absolute Gasteiger partial charge is 0.378 e. The Hall–Kier alpha value is -2.63. The third-order valence-electron chi connectivity index (χ3n) is 4.44. The molecule has 5 nitrogen and oxygen atoms in total. The summed E-state index contributed by atoms with van der Waals surface area (Å²) < 4.78 is 5.40. The number of fused-ring (bicyclic) bond motifs is 1. The molecule has 0 radical (unpaired) electrons. The average molecular weight is 368 g/mol. The molecule has 1 fully saturated rings. The summed E-state index contributed by atoms with van der Waals surface area (Å²) in [6.07, 6.45) is 1.66. The standard InChI is InChI=1S/C20H18ClN3O2/c21-18-7-6-17(19-16(18)5-2-8-22-19)20(25)23-14-3-1-4-15(13-14)24-9-11-26-12-10-24/h1-8,13H,9-12H2,(H,23,25). The van der Waals surface area contributed by atoms with Crippen molar-refractivity contribution in [2.75, 3.05) is 36.5 Å². The molecule has 1 aliphatic heterocycles. The molecule has 0 aliphatic carbocycles. The maximum atomic E-state index is 12.8. The number of pyridine rings is 1. The number of rotatable bonds is 3. The number of anilines is 2. The number of amides is 1. The summed E-state index contributed by atoms with van der Waals surface area (Å²) in [5.41, 5.74) is 2.92. The van der Waals surface area contributed by atoms with Gasteiger partial charge in [-0.05, 0) is 42.5 Å². The summed E-state index contributed by atoms with van der Waals surface area (Å²) in [6, 6.07) is 15.0. The Labute approximate surface area is 156 Å². The van der Waals surface area contributed by atoms with Crippen LogP contribution in [0.3, 0.4) is 0 Å². The quantitative estimate of drug-likeness (QED) is 0.760. The minimum Gasteiger partial charge on any atom is -0.378 e. The van der Waals surface area contributed by atoms with Crippen LogP contribution in [0.4, 0.5) is 11.4 Å². The van der Waals surface area contributed by atoms with Crippen LogP contribution in [0.5, 0.6) is 0 Å². The molecule has 4 rings (SSSR count). The van der Waals surface area contributed by atoms with Crippen LogP contribution in [0.15, 0.2) is 54.7 Å². The van der Waals surface area contributed by atoms with Crippen molar-refractivity contribution in [1.29, 1.82) is 0 Å². The number of nitrogens with zero attached hydrogens (tertiary/aromatic N) is 2. The van der Waals surface area contributed by atoms with E-state index >= 15 is 0 Å². The second kappa shape index (κ2) is 7.32. The fourth-order valence-corrected chi connectivity index (χ4v) is 3.34. The Morgan fingerprint density at radius 2 is 1.96 bits per heavy atom. The highest BCUT2D eigenvalue weighted by molar-refractivity contribution is 6.36. The van der Waals surface area contributed by atoms with Crippen molar-refractivity contribution in [3.63, 3.8) is 0 Å². The first-order valence-electron chi connectivity index (χ1n) is 8.50. The van der Waals surface area contributed by atoms with Crippen LogP contribution in [-0.2, 0) is 4.74 Å². The summed E-state index contributed by atoms with van der Waals surface area (Å²) in [5, 5.41) is 4.32. The van der Waals surface area contributed by atoms with E-state index in [0.717, 1.165) is 43.1 Å². The Morgan fingerprint density at radius 3 is 2.81 bits per heavy atom. The molecule has 2 heterocycles. The van der Waals surface area contributed by atoms with Crippen molar-refractivity contribution in [3.05, 3.63) is 65.3 Å². The smallest absolute Gasteiger partial charge is 0.257 e. The lowest BCUT2D eigenvalue weighted by molar-refractivity contribution is 0.102. The van der Waals surface area contributed by atoms with Gasteiger partial charge in [0.15, 0.2) is 0 Å². The van der Waals surface area contributed by atoms with Gasteiger partial charge >= 0.3 is 0 Å². The van der Waals surface area contributed by atoms with Crippen LogP contribution in [0.1, 0.15) is 10.4 Å². The lowest BCUT2D eigenvalue weighted by Gasteiger charge is -2.29. The Morgan fingerprint density at radius 1 is 1.12 bits per heavy atom. The molecule has 2 aromatic carbocycles. The predicted octanol–water partition coefficient (Wildman–Crippen LogP) is 3.98. The Bertz CT molecular complexity index is 955. The molecule has 0 bridgehead atoms. The summed E-state index contributed by atoms with van der Waals surface area (Å²) in [4.78, 5) is 19.4. The second-order valence-electron chi connectivity index (χ2n) is 6.10. The number of hydrogen-bond acceptors (Lipinski definition) is 4. The first kappa shape index (κ1) is 16.8. The number of aromatic nitrogens is 1. The third-order valence-corrected chi connectivity index (χ3v) is 4.77. The normalized spacial score (nSPS) is 14.4. The Balaban J connectivity index is 1.60. The van der Waals surface area contributed by atoms with Crippen molar-refractivity contribution in [3.8, 4) is 0 Å². The number of carbonyl (C=O) groups excluding carboxylic acids is 1. The van der Waals surface area contributed by atoms with Crippen molar-refractivity contribution in [1.82, 2.24) is 4.98 Å². The third kappa shape index (κ3) is 3.36. The average Bonchev–Trinajstić information content (AvgIpc) is 2.69. The van der Waals surface area contributed by atoms with Crippen molar-refractivity contribution < 1.29 is 9.53 Å². The van der Waals surface area contributed by atoms with E-state index in [1.807, 2.05) is 36.4 Å². The lowest BCUT2D eigenvalue weighted by Crippen LogP contribution is -2.36. The van der Waals surface area contributed by atoms with Crippen molar-refractivity contribution in [2.24, 2.45) is 0 Å². The summed E-state index contributed by atoms with van der Waals surface area (Å²) in [6.45, 7) is 3.14. The molecule has 0 atom stereocenters. The van der Waals surface area contributed by atoms with E-state index in [1.165, 1.54) is 0 Å². The zero-order chi connectivity index (χ0) is 17.9. The molecule has 0 unspecified atom stereocenters. The molecule has 1 N–H and O–H groups in total. The van der Waals surface area contributed by atoms with Crippen LogP contribution in [-0.4, -0.2) is 37.2 Å². The van der Waals surface area contributed by atoms with E-state index in [4.69, 9.17) is 16.3 Å². The minimum absolute atomic E-state index is 0.204. The van der Waals surface area contributed by atoms with E-state index in [1.54, 1.807) is 18.3 Å². The highest BCUT2D eigenvalue weighted by Gasteiger charge is 2.15. The molecule has 1 aliphatic rings. The molecular formula is C20H18ClN3O2. The lowest BCUT2D eigenvalue weighted by atomic mass is 10.1. The number of benzene rings is 2. The van der Waals surface area contributed by atoms with Gasteiger partial charge in [-0.1, -0.05) is 17.7 Å². The number of nitrogens with one attached hydrogen (secondary N) is 1. The number of hydrogen-bond donors (Lipinski definition) is 1. The maximum Gasteiger partial charge on any atom is 0.257 e. The number of morpholine rings is 1. The SMILES string of the molecule is O=C(Nc1cccc(N2CCOCC2)c1)c1ccc(Cl)c2cccnc12. The van der Waals surface area contributed by atoms with Crippen molar-refractivity contribution in [2.45, 2.75) is 0 Å². The van der Waals surface area contributed by atoms with Crippen LogP contribution >= 0.6 is 11.6 Å². The first-order valence-corrected chi connectivity index (χ1v) is 8.87. The first-order chi connectivity index (χ1) is 12.7. The summed E-state index contributed by atoms with van der Waals surface area (Å²) in [7, 11) is 0. The zero-order valence-electron chi connectivity index (χ0n) is 14.1. The van der Waals surface area contributed by atoms with Gasteiger partial charge in [-0.15, -0.1) is 0 Å². The van der Waals surface area contributed by atoms with Gasteiger partial charge < -0.3 is 15.0 Å². The molecule has 1 amide bonds. The van der Waals surface area contributed by atoms with Gasteiger partial charge in [0.25, 0.3) is 5.91 Å². The van der Waals surface area contributed by atoms with Gasteiger partial charge in [-0.25, -0.2) is 0 Å². The van der Waals surface area contributed by atoms with E-state index in [2.05, 4.69) is 15.2 Å². The molecule has 3 aromatic rings. The van der Waals surface area contributed by atoms with Gasteiger partial charge in [0.2, 0.25) is 0 Å². The monoisotopic (exact) mass is 367 g/mol. The number of carbonyl (C=O) groups is 1. The molecule has 1 aromatic heterocycles. The topological polar surface area (TPSA) is 54.5 Å². The predicted molar refractivity (Wildman–Crippen MR) is 104 cm³/mol. The molecule has 6 heteroatoms. The summed E-state index contributed by atoms with van der Waals surface area (Å²) in [5.74, 6) is -0.204. The highest BCUT2D eigenvalue weighted by atomic mass is 35.5. The number of halogens is 1. The Kier molecular flexibility index (Phi) is 4.73. The molecule has 132 valence electrons. The fraction of sp³-hybridized carbons (Fsp3) is 0.200. The second-order valence-corrected chi connectivity index (χ2v) is 6.51. The molecular weight excluding hydrogens is 350 g/mol. The van der Waals surface area contributed by atoms with Gasteiger partial charge in [-0.2, -0.15) is 0 Å². The van der Waals surface area contributed by atoms with E-state index in [0.29, 0.717) is 16.1 Å². The maximum absolute atomic E-state index is 12.8. The van der Waals surface area contributed by atoms with E-state index in [9.17, 15) is 4.79 Å². The minimum atomic E-state index is -0.204. The van der Waals surface area contributed by atoms with E-state index < -0.39 is 0 Å². The van der Waals surface area contributed by atoms with Crippen LogP contribution in [0, 0.1) is 0 Å². The van der Waals surface area contributed by atoms with Gasteiger partial charge in [0.05, 0.1) is 29.3 Å². The zero-order valence-corrected chi connectivity index (χ0v) is 14.9. The molecule has 0 saturated carbocycles. The van der Waals surface area contributed by atoms with Crippen LogP contribution in [0.25, 0.3) is 10.9 Å². The molecule has 1 saturated heterocycles. The number of ether oxygens (including phenoxy) is 1. The fourth-order valence-electron chi connectivity index (χ4n) is 3.12. The summed E-state index contributed by atoms with van der Waals surface area (Å²) >= 11 is 6.21. The van der Waals surface area contributed by atoms with Crippen molar-refractivity contribution >= 4 is 39.8 Å². The molecule has 26 heavy (non-hydrogen) atoms. The molecule has 0 spiro atoms. The van der Waals surface area contributed by atoms with Gasteiger partial charge in [0, 0.05) is 36.0 Å².